The van der Waals surface area contributed by atoms with Gasteiger partial charge in [0.25, 0.3) is 0 Å². The van der Waals surface area contributed by atoms with Crippen molar-refractivity contribution in [3.05, 3.63) is 54.0 Å². The Balaban J connectivity index is 0.00000261. The van der Waals surface area contributed by atoms with Crippen molar-refractivity contribution in [1.82, 2.24) is 20.2 Å². The fourth-order valence-corrected chi connectivity index (χ4v) is 3.18. The van der Waals surface area contributed by atoms with E-state index in [1.54, 1.807) is 0 Å². The van der Waals surface area contributed by atoms with Crippen LogP contribution in [0.25, 0.3) is 0 Å². The quantitative estimate of drug-likeness (QED) is 0.405. The predicted octanol–water partition coefficient (Wildman–Crippen LogP) is 2.73. The van der Waals surface area contributed by atoms with Gasteiger partial charge in [-0.3, -0.25) is 9.98 Å². The van der Waals surface area contributed by atoms with E-state index >= 15 is 0 Å². The number of aromatic nitrogens is 2. The number of aliphatic imine (C=N–C) groups is 1. The summed E-state index contributed by atoms with van der Waals surface area (Å²) in [6.07, 6.45) is 6.57. The van der Waals surface area contributed by atoms with Gasteiger partial charge >= 0.3 is 0 Å². The number of rotatable bonds is 5. The van der Waals surface area contributed by atoms with Crippen LogP contribution < -0.4 is 10.2 Å². The third-order valence-electron chi connectivity index (χ3n) is 4.67. The Morgan fingerprint density at radius 3 is 2.63 bits per heavy atom. The summed E-state index contributed by atoms with van der Waals surface area (Å²) >= 11 is 0. The first-order chi connectivity index (χ1) is 12.8. The Hall–Kier alpha value is -1.90. The molecule has 146 valence electrons. The van der Waals surface area contributed by atoms with Gasteiger partial charge in [0.05, 0.1) is 0 Å². The summed E-state index contributed by atoms with van der Waals surface area (Å²) in [5.74, 6) is 2.07. The van der Waals surface area contributed by atoms with E-state index in [1.807, 2.05) is 30.7 Å². The molecule has 1 aliphatic heterocycles. The maximum absolute atomic E-state index is 4.85. The molecule has 0 spiro atoms. The molecule has 0 atom stereocenters. The van der Waals surface area contributed by atoms with E-state index in [0.717, 1.165) is 57.5 Å². The van der Waals surface area contributed by atoms with Gasteiger partial charge < -0.3 is 15.1 Å². The molecular formula is C20H29IN6. The minimum Gasteiger partial charge on any atom is -0.357 e. The highest BCUT2D eigenvalue weighted by Crippen LogP contribution is 2.13. The number of halogens is 1. The van der Waals surface area contributed by atoms with Gasteiger partial charge in [0, 0.05) is 57.9 Å². The van der Waals surface area contributed by atoms with E-state index in [4.69, 9.17) is 4.99 Å². The third kappa shape index (κ3) is 6.05. The van der Waals surface area contributed by atoms with Gasteiger partial charge in [-0.05, 0) is 49.6 Å². The monoisotopic (exact) mass is 480 g/mol. The molecule has 3 heterocycles. The van der Waals surface area contributed by atoms with Crippen molar-refractivity contribution >= 4 is 35.8 Å². The first-order valence-electron chi connectivity index (χ1n) is 9.36. The summed E-state index contributed by atoms with van der Waals surface area (Å²) < 4.78 is 0. The smallest absolute Gasteiger partial charge is 0.194 e. The largest absolute Gasteiger partial charge is 0.357 e. The highest BCUT2D eigenvalue weighted by Gasteiger charge is 2.20. The molecule has 2 aromatic rings. The van der Waals surface area contributed by atoms with E-state index in [0.29, 0.717) is 0 Å². The molecule has 6 nitrogen and oxygen atoms in total. The zero-order valence-electron chi connectivity index (χ0n) is 16.1. The average Bonchev–Trinajstić information content (AvgIpc) is 2.69. The van der Waals surface area contributed by atoms with Crippen molar-refractivity contribution in [2.75, 3.05) is 44.2 Å². The molecule has 1 N–H and O–H groups in total. The lowest BCUT2D eigenvalue weighted by Crippen LogP contribution is -2.52. The van der Waals surface area contributed by atoms with Crippen LogP contribution in [0.1, 0.15) is 18.1 Å². The van der Waals surface area contributed by atoms with Gasteiger partial charge in [0.2, 0.25) is 0 Å². The fourth-order valence-electron chi connectivity index (χ4n) is 3.18. The average molecular weight is 480 g/mol. The maximum atomic E-state index is 4.85. The number of hydrogen-bond acceptors (Lipinski definition) is 4. The second kappa shape index (κ2) is 11.1. The number of hydrogen-bond donors (Lipinski definition) is 1. The van der Waals surface area contributed by atoms with Crippen LogP contribution in [0.3, 0.4) is 0 Å². The van der Waals surface area contributed by atoms with Crippen molar-refractivity contribution in [3.8, 4) is 0 Å². The SMILES string of the molecule is CCNC(=NCCc1ccncc1C)N1CCN(c2ccccn2)CC1.I. The molecule has 0 aromatic carbocycles. The molecule has 7 heteroatoms. The summed E-state index contributed by atoms with van der Waals surface area (Å²) in [6.45, 7) is 9.73. The summed E-state index contributed by atoms with van der Waals surface area (Å²) in [4.78, 5) is 18.1. The Morgan fingerprint density at radius 2 is 1.96 bits per heavy atom. The summed E-state index contributed by atoms with van der Waals surface area (Å²) in [6, 6.07) is 8.16. The number of aryl methyl sites for hydroxylation is 1. The van der Waals surface area contributed by atoms with Crippen LogP contribution >= 0.6 is 24.0 Å². The summed E-state index contributed by atoms with van der Waals surface area (Å²) in [5, 5.41) is 3.44. The number of pyridine rings is 2. The molecular weight excluding hydrogens is 451 g/mol. The minimum atomic E-state index is 0. The lowest BCUT2D eigenvalue weighted by molar-refractivity contribution is 0.371. The van der Waals surface area contributed by atoms with E-state index in [9.17, 15) is 0 Å². The fraction of sp³-hybridized carbons (Fsp3) is 0.450. The zero-order chi connectivity index (χ0) is 18.2. The third-order valence-corrected chi connectivity index (χ3v) is 4.67. The van der Waals surface area contributed by atoms with Crippen LogP contribution in [0.2, 0.25) is 0 Å². The molecule has 0 radical (unpaired) electrons. The molecule has 3 rings (SSSR count). The Morgan fingerprint density at radius 1 is 1.15 bits per heavy atom. The lowest BCUT2D eigenvalue weighted by atomic mass is 10.1. The van der Waals surface area contributed by atoms with Crippen molar-refractivity contribution in [1.29, 1.82) is 0 Å². The maximum Gasteiger partial charge on any atom is 0.194 e. The normalized spacial score (nSPS) is 14.7. The van der Waals surface area contributed by atoms with E-state index in [2.05, 4.69) is 51.1 Å². The van der Waals surface area contributed by atoms with Crippen LogP contribution in [0, 0.1) is 6.92 Å². The van der Waals surface area contributed by atoms with Gasteiger partial charge in [0.15, 0.2) is 5.96 Å². The van der Waals surface area contributed by atoms with Crippen LogP contribution in [0.15, 0.2) is 47.8 Å². The van der Waals surface area contributed by atoms with Gasteiger partial charge in [-0.25, -0.2) is 4.98 Å². The summed E-state index contributed by atoms with van der Waals surface area (Å²) in [5.41, 5.74) is 2.55. The van der Waals surface area contributed by atoms with E-state index < -0.39 is 0 Å². The molecule has 2 aromatic heterocycles. The second-order valence-electron chi connectivity index (χ2n) is 6.45. The van der Waals surface area contributed by atoms with E-state index in [-0.39, 0.29) is 24.0 Å². The molecule has 1 saturated heterocycles. The zero-order valence-corrected chi connectivity index (χ0v) is 18.5. The molecule has 0 aliphatic carbocycles. The van der Waals surface area contributed by atoms with Gasteiger partial charge in [-0.1, -0.05) is 6.07 Å². The topological polar surface area (TPSA) is 56.7 Å². The first kappa shape index (κ1) is 21.4. The number of nitrogens with zero attached hydrogens (tertiary/aromatic N) is 5. The predicted molar refractivity (Wildman–Crippen MR) is 122 cm³/mol. The van der Waals surface area contributed by atoms with Crippen molar-refractivity contribution in [3.63, 3.8) is 0 Å². The minimum absolute atomic E-state index is 0. The highest BCUT2D eigenvalue weighted by molar-refractivity contribution is 14.0. The van der Waals surface area contributed by atoms with Crippen molar-refractivity contribution in [2.24, 2.45) is 4.99 Å². The number of anilines is 1. The van der Waals surface area contributed by atoms with Gasteiger partial charge in [-0.2, -0.15) is 0 Å². The lowest BCUT2D eigenvalue weighted by Gasteiger charge is -2.37. The van der Waals surface area contributed by atoms with Crippen LogP contribution in [0.5, 0.6) is 0 Å². The Bertz CT molecular complexity index is 713. The molecule has 0 amide bonds. The van der Waals surface area contributed by atoms with Crippen LogP contribution in [-0.2, 0) is 6.42 Å². The molecule has 0 saturated carbocycles. The van der Waals surface area contributed by atoms with Crippen molar-refractivity contribution in [2.45, 2.75) is 20.3 Å². The van der Waals surface area contributed by atoms with Gasteiger partial charge in [-0.15, -0.1) is 24.0 Å². The molecule has 0 bridgehead atoms. The molecule has 0 unspecified atom stereocenters. The molecule has 27 heavy (non-hydrogen) atoms. The Kier molecular flexibility index (Phi) is 8.77. The second-order valence-corrected chi connectivity index (χ2v) is 6.45. The number of nitrogens with one attached hydrogen (secondary N) is 1. The van der Waals surface area contributed by atoms with E-state index in [1.165, 1.54) is 11.1 Å². The number of guanidine groups is 1. The first-order valence-corrected chi connectivity index (χ1v) is 9.36. The highest BCUT2D eigenvalue weighted by atomic mass is 127. The van der Waals surface area contributed by atoms with Crippen LogP contribution in [-0.4, -0.2) is 60.1 Å². The number of piperazine rings is 1. The summed E-state index contributed by atoms with van der Waals surface area (Å²) in [7, 11) is 0. The standard InChI is InChI=1S/C20H28N6.HI/c1-3-22-20(24-11-8-18-7-10-21-16-17(18)2)26-14-12-25(13-15-26)19-6-4-5-9-23-19;/h4-7,9-10,16H,3,8,11-15H2,1-2H3,(H,22,24);1H. The Labute approximate surface area is 179 Å². The van der Waals surface area contributed by atoms with Gasteiger partial charge in [0.1, 0.15) is 5.82 Å². The van der Waals surface area contributed by atoms with Crippen LogP contribution in [0.4, 0.5) is 5.82 Å². The molecule has 1 fully saturated rings. The van der Waals surface area contributed by atoms with Crippen molar-refractivity contribution < 1.29 is 0 Å². The molecule has 1 aliphatic rings.